The Morgan fingerprint density at radius 3 is 2.86 bits per heavy atom. The number of H-pyrrole nitrogens is 1. The van der Waals surface area contributed by atoms with E-state index in [1.165, 1.54) is 6.92 Å². The summed E-state index contributed by atoms with van der Waals surface area (Å²) in [5.41, 5.74) is 3.88. The topological polar surface area (TPSA) is 85.4 Å². The molecule has 0 aliphatic carbocycles. The second-order valence-corrected chi connectivity index (χ2v) is 7.71. The van der Waals surface area contributed by atoms with Gasteiger partial charge in [-0.2, -0.15) is 0 Å². The van der Waals surface area contributed by atoms with Gasteiger partial charge >= 0.3 is 0 Å². The van der Waals surface area contributed by atoms with Gasteiger partial charge < -0.3 is 20.3 Å². The van der Waals surface area contributed by atoms with Gasteiger partial charge in [0, 0.05) is 48.1 Å². The Balaban J connectivity index is 1.76. The van der Waals surface area contributed by atoms with E-state index in [9.17, 15) is 14.7 Å². The minimum Gasteiger partial charge on any atom is -0.508 e. The number of rotatable bonds is 4. The molecular formula is C22H22ClN3O3. The van der Waals surface area contributed by atoms with Crippen LogP contribution in [-0.4, -0.2) is 39.9 Å². The van der Waals surface area contributed by atoms with E-state index in [0.29, 0.717) is 24.5 Å². The molecule has 1 aliphatic rings. The number of benzene rings is 2. The maximum absolute atomic E-state index is 13.0. The molecule has 2 amide bonds. The van der Waals surface area contributed by atoms with Crippen LogP contribution in [0.2, 0.25) is 5.02 Å². The maximum Gasteiger partial charge on any atom is 0.225 e. The van der Waals surface area contributed by atoms with Crippen LogP contribution in [0.3, 0.4) is 0 Å². The number of nitrogens with zero attached hydrogens (tertiary/aromatic N) is 1. The van der Waals surface area contributed by atoms with Crippen LogP contribution >= 0.6 is 11.6 Å². The number of carbonyl (C=O) groups excluding carboxylic acids is 2. The minimum absolute atomic E-state index is 0.0468. The van der Waals surface area contributed by atoms with Gasteiger partial charge in [0.15, 0.2) is 0 Å². The van der Waals surface area contributed by atoms with Crippen LogP contribution in [0.15, 0.2) is 42.5 Å². The van der Waals surface area contributed by atoms with Crippen molar-refractivity contribution in [3.63, 3.8) is 0 Å². The first-order valence-electron chi connectivity index (χ1n) is 9.57. The van der Waals surface area contributed by atoms with Crippen molar-refractivity contribution in [1.82, 2.24) is 15.2 Å². The summed E-state index contributed by atoms with van der Waals surface area (Å²) in [6.45, 7) is 2.28. The third kappa shape index (κ3) is 3.80. The Kier molecular flexibility index (Phi) is 5.20. The van der Waals surface area contributed by atoms with Gasteiger partial charge in [-0.15, -0.1) is 0 Å². The Morgan fingerprint density at radius 2 is 2.10 bits per heavy atom. The van der Waals surface area contributed by atoms with E-state index < -0.39 is 0 Å². The SMILES string of the molecule is CC(=O)NCCC(=O)N1CCc2c([nH]c3ccc(Cl)cc23)C1c1cccc(O)c1. The van der Waals surface area contributed by atoms with Crippen LogP contribution in [0.4, 0.5) is 0 Å². The number of phenols is 1. The van der Waals surface area contributed by atoms with Crippen molar-refractivity contribution in [2.75, 3.05) is 13.1 Å². The van der Waals surface area contributed by atoms with Crippen molar-refractivity contribution in [3.8, 4) is 5.75 Å². The average molecular weight is 412 g/mol. The molecule has 0 radical (unpaired) electrons. The third-order valence-electron chi connectivity index (χ3n) is 5.31. The van der Waals surface area contributed by atoms with E-state index in [2.05, 4.69) is 10.3 Å². The van der Waals surface area contributed by atoms with E-state index in [-0.39, 0.29) is 30.0 Å². The molecule has 1 aliphatic heterocycles. The number of fused-ring (bicyclic) bond motifs is 3. The summed E-state index contributed by atoms with van der Waals surface area (Å²) in [6.07, 6.45) is 0.924. The van der Waals surface area contributed by atoms with Gasteiger partial charge in [0.25, 0.3) is 0 Å². The van der Waals surface area contributed by atoms with Gasteiger partial charge in [-0.3, -0.25) is 9.59 Å². The average Bonchev–Trinajstić information content (AvgIpc) is 3.04. The van der Waals surface area contributed by atoms with Gasteiger partial charge in [-0.1, -0.05) is 23.7 Å². The number of aromatic nitrogens is 1. The second kappa shape index (κ2) is 7.79. The zero-order valence-corrected chi connectivity index (χ0v) is 16.8. The van der Waals surface area contributed by atoms with Crippen LogP contribution in [0.25, 0.3) is 10.9 Å². The Labute approximate surface area is 173 Å². The number of aromatic hydroxyl groups is 1. The molecule has 0 fully saturated rings. The number of aromatic amines is 1. The van der Waals surface area contributed by atoms with Gasteiger partial charge in [-0.25, -0.2) is 0 Å². The number of nitrogens with one attached hydrogen (secondary N) is 2. The molecule has 0 spiro atoms. The molecule has 150 valence electrons. The van der Waals surface area contributed by atoms with Crippen molar-refractivity contribution in [3.05, 3.63) is 64.3 Å². The molecule has 6 nitrogen and oxygen atoms in total. The van der Waals surface area contributed by atoms with Crippen molar-refractivity contribution in [2.45, 2.75) is 25.8 Å². The van der Waals surface area contributed by atoms with Crippen LogP contribution < -0.4 is 5.32 Å². The number of hydrogen-bond donors (Lipinski definition) is 3. The summed E-state index contributed by atoms with van der Waals surface area (Å²) in [5.74, 6) is -0.0513. The highest BCUT2D eigenvalue weighted by atomic mass is 35.5. The first-order valence-corrected chi connectivity index (χ1v) is 9.94. The lowest BCUT2D eigenvalue weighted by Gasteiger charge is -2.36. The van der Waals surface area contributed by atoms with Crippen LogP contribution in [0, 0.1) is 0 Å². The number of phenolic OH excluding ortho intramolecular Hbond substituents is 1. The molecule has 1 atom stereocenters. The first-order chi connectivity index (χ1) is 13.9. The summed E-state index contributed by atoms with van der Waals surface area (Å²) in [6, 6.07) is 12.4. The van der Waals surface area contributed by atoms with Crippen molar-refractivity contribution in [1.29, 1.82) is 0 Å². The fourth-order valence-corrected chi connectivity index (χ4v) is 4.23. The summed E-state index contributed by atoms with van der Waals surface area (Å²) >= 11 is 6.21. The molecule has 1 aromatic heterocycles. The van der Waals surface area contributed by atoms with E-state index in [4.69, 9.17) is 11.6 Å². The molecule has 7 heteroatoms. The highest BCUT2D eigenvalue weighted by Gasteiger charge is 2.34. The lowest BCUT2D eigenvalue weighted by atomic mass is 9.92. The molecule has 4 rings (SSSR count). The number of hydrogen-bond acceptors (Lipinski definition) is 3. The minimum atomic E-state index is -0.346. The molecular weight excluding hydrogens is 390 g/mol. The van der Waals surface area contributed by atoms with Gasteiger partial charge in [0.1, 0.15) is 5.75 Å². The molecule has 2 aromatic carbocycles. The highest BCUT2D eigenvalue weighted by Crippen LogP contribution is 2.39. The van der Waals surface area contributed by atoms with Gasteiger partial charge in [-0.05, 0) is 47.9 Å². The van der Waals surface area contributed by atoms with Crippen LogP contribution in [0.1, 0.15) is 36.2 Å². The fourth-order valence-electron chi connectivity index (χ4n) is 4.06. The molecule has 29 heavy (non-hydrogen) atoms. The predicted octanol–water partition coefficient (Wildman–Crippen LogP) is 3.53. The Morgan fingerprint density at radius 1 is 1.28 bits per heavy atom. The third-order valence-corrected chi connectivity index (χ3v) is 5.54. The van der Waals surface area contributed by atoms with Crippen molar-refractivity contribution >= 4 is 34.3 Å². The standard InChI is InChI=1S/C22H22ClN3O3/c1-13(27)24-9-7-20(29)26-10-8-17-18-12-15(23)5-6-19(18)25-21(17)22(26)14-3-2-4-16(28)11-14/h2-6,11-12,22,25,28H,7-10H2,1H3,(H,24,27). The Bertz CT molecular complexity index is 1090. The van der Waals surface area contributed by atoms with E-state index >= 15 is 0 Å². The van der Waals surface area contributed by atoms with E-state index in [0.717, 1.165) is 27.7 Å². The molecule has 0 saturated heterocycles. The fraction of sp³-hybridized carbons (Fsp3) is 0.273. The maximum atomic E-state index is 13.0. The quantitative estimate of drug-likeness (QED) is 0.614. The molecule has 3 aromatic rings. The smallest absolute Gasteiger partial charge is 0.225 e. The van der Waals surface area contributed by atoms with Gasteiger partial charge in [0.05, 0.1) is 6.04 Å². The zero-order chi connectivity index (χ0) is 20.5. The largest absolute Gasteiger partial charge is 0.508 e. The van der Waals surface area contributed by atoms with Crippen molar-refractivity contribution in [2.24, 2.45) is 0 Å². The van der Waals surface area contributed by atoms with Gasteiger partial charge in [0.2, 0.25) is 11.8 Å². The summed E-state index contributed by atoms with van der Waals surface area (Å²) in [4.78, 5) is 29.4. The molecule has 2 heterocycles. The summed E-state index contributed by atoms with van der Waals surface area (Å²) < 4.78 is 0. The molecule has 0 saturated carbocycles. The van der Waals surface area contributed by atoms with E-state index in [1.807, 2.05) is 29.2 Å². The Hall–Kier alpha value is -2.99. The highest BCUT2D eigenvalue weighted by molar-refractivity contribution is 6.31. The summed E-state index contributed by atoms with van der Waals surface area (Å²) in [5, 5.41) is 14.4. The second-order valence-electron chi connectivity index (χ2n) is 7.27. The summed E-state index contributed by atoms with van der Waals surface area (Å²) in [7, 11) is 0. The van der Waals surface area contributed by atoms with Crippen LogP contribution in [0.5, 0.6) is 5.75 Å². The lowest BCUT2D eigenvalue weighted by Crippen LogP contribution is -2.41. The number of carbonyl (C=O) groups is 2. The van der Waals surface area contributed by atoms with Crippen molar-refractivity contribution < 1.29 is 14.7 Å². The van der Waals surface area contributed by atoms with E-state index in [1.54, 1.807) is 18.2 Å². The first kappa shape index (κ1) is 19.3. The normalized spacial score (nSPS) is 15.9. The monoisotopic (exact) mass is 411 g/mol. The lowest BCUT2D eigenvalue weighted by molar-refractivity contribution is -0.133. The number of halogens is 1. The molecule has 0 bridgehead atoms. The predicted molar refractivity (Wildman–Crippen MR) is 112 cm³/mol. The number of amides is 2. The van der Waals surface area contributed by atoms with Crippen LogP contribution in [-0.2, 0) is 16.0 Å². The molecule has 1 unspecified atom stereocenters. The zero-order valence-electron chi connectivity index (χ0n) is 16.0. The molecule has 3 N–H and O–H groups in total.